The number of carbonyl (C=O) groups excluding carboxylic acids is 1. The molecule has 0 aliphatic heterocycles. The van der Waals surface area contributed by atoms with Crippen molar-refractivity contribution in [2.45, 2.75) is 0 Å². The lowest BCUT2D eigenvalue weighted by molar-refractivity contribution is -0.131. The van der Waals surface area contributed by atoms with E-state index >= 15 is 0 Å². The molecule has 0 amide bonds. The van der Waals surface area contributed by atoms with Crippen LogP contribution < -0.4 is 0 Å². The fraction of sp³-hybridized carbons (Fsp3) is 0. The Balaban J connectivity index is 2.43. The molecule has 102 valence electrons. The third kappa shape index (κ3) is 3.43. The van der Waals surface area contributed by atoms with Crippen molar-refractivity contribution in [3.63, 3.8) is 0 Å². The molecule has 0 radical (unpaired) electrons. The van der Waals surface area contributed by atoms with E-state index in [1.807, 2.05) is 12.1 Å². The molecule has 2 rings (SSSR count). The normalized spacial score (nSPS) is 10.2. The topological polar surface area (TPSA) is 78.2 Å². The van der Waals surface area contributed by atoms with E-state index in [-0.39, 0.29) is 5.78 Å². The zero-order valence-corrected chi connectivity index (χ0v) is 11.0. The van der Waals surface area contributed by atoms with Crippen LogP contribution in [0.15, 0.2) is 54.6 Å². The molecule has 0 unspecified atom stereocenters. The molecule has 0 aliphatic rings. The third-order valence-electron chi connectivity index (χ3n) is 2.88. The summed E-state index contributed by atoms with van der Waals surface area (Å²) < 4.78 is 0. The highest BCUT2D eigenvalue weighted by Gasteiger charge is 2.10. The van der Waals surface area contributed by atoms with Gasteiger partial charge in [0.15, 0.2) is 5.78 Å². The first-order chi connectivity index (χ1) is 10.1. The highest BCUT2D eigenvalue weighted by atomic mass is 16.4. The molecule has 0 saturated carbocycles. The molecular weight excluding hydrogens is 266 g/mol. The van der Waals surface area contributed by atoms with E-state index in [0.29, 0.717) is 22.3 Å². The van der Waals surface area contributed by atoms with Gasteiger partial charge in [-0.15, -0.1) is 0 Å². The number of carbonyl (C=O) groups is 2. The number of hydrogen-bond donors (Lipinski definition) is 1. The zero-order chi connectivity index (χ0) is 15.2. The maximum Gasteiger partial charge on any atom is 0.328 e. The fourth-order valence-corrected chi connectivity index (χ4v) is 1.86. The van der Waals surface area contributed by atoms with Crippen molar-refractivity contribution < 1.29 is 14.7 Å². The lowest BCUT2D eigenvalue weighted by atomic mass is 9.98. The van der Waals surface area contributed by atoms with Crippen molar-refractivity contribution in [2.75, 3.05) is 0 Å². The molecule has 0 heterocycles. The van der Waals surface area contributed by atoms with Crippen LogP contribution in [0.2, 0.25) is 0 Å². The zero-order valence-electron chi connectivity index (χ0n) is 11.0. The van der Waals surface area contributed by atoms with Crippen molar-refractivity contribution in [1.82, 2.24) is 0 Å². The first-order valence-electron chi connectivity index (χ1n) is 6.16. The second-order valence-corrected chi connectivity index (χ2v) is 4.28. The summed E-state index contributed by atoms with van der Waals surface area (Å²) in [5, 5.41) is 17.7. The van der Waals surface area contributed by atoms with E-state index < -0.39 is 5.97 Å². The highest BCUT2D eigenvalue weighted by Crippen LogP contribution is 2.16. The van der Waals surface area contributed by atoms with Crippen LogP contribution in [0, 0.1) is 11.3 Å². The Bertz CT molecular complexity index is 755. The number of rotatable bonds is 4. The molecule has 0 spiro atoms. The lowest BCUT2D eigenvalue weighted by Gasteiger charge is -2.04. The minimum atomic E-state index is -1.11. The van der Waals surface area contributed by atoms with Gasteiger partial charge in [0.25, 0.3) is 0 Å². The van der Waals surface area contributed by atoms with Crippen LogP contribution >= 0.6 is 0 Å². The number of carboxylic acid groups (broad SMARTS) is 1. The summed E-state index contributed by atoms with van der Waals surface area (Å²) in [4.78, 5) is 22.9. The van der Waals surface area contributed by atoms with Crippen LogP contribution in [-0.4, -0.2) is 16.9 Å². The maximum atomic E-state index is 12.3. The van der Waals surface area contributed by atoms with E-state index in [9.17, 15) is 9.59 Å². The Morgan fingerprint density at radius 3 is 2.38 bits per heavy atom. The summed E-state index contributed by atoms with van der Waals surface area (Å²) in [6.45, 7) is 0. The third-order valence-corrected chi connectivity index (χ3v) is 2.88. The lowest BCUT2D eigenvalue weighted by Crippen LogP contribution is -2.02. The number of benzene rings is 2. The van der Waals surface area contributed by atoms with Crippen molar-refractivity contribution >= 4 is 17.8 Å². The monoisotopic (exact) mass is 277 g/mol. The quantitative estimate of drug-likeness (QED) is 0.688. The Kier molecular flexibility index (Phi) is 4.27. The Morgan fingerprint density at radius 1 is 1.05 bits per heavy atom. The number of nitriles is 1. The molecule has 0 aliphatic carbocycles. The van der Waals surface area contributed by atoms with Crippen LogP contribution in [0.4, 0.5) is 0 Å². The molecule has 0 atom stereocenters. The van der Waals surface area contributed by atoms with E-state index in [1.165, 1.54) is 18.2 Å². The van der Waals surface area contributed by atoms with E-state index in [1.54, 1.807) is 30.3 Å². The number of nitrogens with zero attached hydrogens (tertiary/aromatic N) is 1. The van der Waals surface area contributed by atoms with Gasteiger partial charge < -0.3 is 5.11 Å². The molecule has 21 heavy (non-hydrogen) atoms. The molecule has 0 saturated heterocycles. The molecule has 2 aromatic carbocycles. The molecule has 2 aromatic rings. The number of carboxylic acids is 1. The molecule has 4 heteroatoms. The van der Waals surface area contributed by atoms with Gasteiger partial charge in [-0.2, -0.15) is 5.26 Å². The Labute approximate surface area is 121 Å². The molecule has 0 bridgehead atoms. The summed E-state index contributed by atoms with van der Waals surface area (Å²) in [7, 11) is 0. The van der Waals surface area contributed by atoms with Crippen LogP contribution in [0.3, 0.4) is 0 Å². The van der Waals surface area contributed by atoms with Gasteiger partial charge >= 0.3 is 5.97 Å². The van der Waals surface area contributed by atoms with Gasteiger partial charge in [0.05, 0.1) is 11.6 Å². The summed E-state index contributed by atoms with van der Waals surface area (Å²) in [5.41, 5.74) is 1.67. The molecular formula is C17H11NO3. The summed E-state index contributed by atoms with van der Waals surface area (Å²) in [5.74, 6) is -1.29. The summed E-state index contributed by atoms with van der Waals surface area (Å²) >= 11 is 0. The average molecular weight is 277 g/mol. The summed E-state index contributed by atoms with van der Waals surface area (Å²) in [6, 6.07) is 15.3. The molecule has 0 aromatic heterocycles. The number of hydrogen-bond acceptors (Lipinski definition) is 3. The Morgan fingerprint density at radius 2 is 1.76 bits per heavy atom. The second kappa shape index (κ2) is 6.31. The van der Waals surface area contributed by atoms with Crippen molar-refractivity contribution in [3.8, 4) is 6.07 Å². The molecule has 1 N–H and O–H groups in total. The van der Waals surface area contributed by atoms with Gasteiger partial charge in [0.1, 0.15) is 0 Å². The maximum absolute atomic E-state index is 12.3. The number of aliphatic carboxylic acids is 1. The van der Waals surface area contributed by atoms with Crippen LogP contribution in [0.1, 0.15) is 27.0 Å². The minimum absolute atomic E-state index is 0.176. The standard InChI is InChI=1S/C17H11NO3/c18-11-15-7-6-14(10-13(15)8-9-16(19)20)17(21)12-4-2-1-3-5-12/h1-10H,(H,19,20)/b9-8+. The van der Waals surface area contributed by atoms with Gasteiger partial charge in [-0.1, -0.05) is 30.3 Å². The predicted molar refractivity (Wildman–Crippen MR) is 77.7 cm³/mol. The van der Waals surface area contributed by atoms with Crippen molar-refractivity contribution in [1.29, 1.82) is 5.26 Å². The van der Waals surface area contributed by atoms with Gasteiger partial charge in [-0.25, -0.2) is 4.79 Å². The van der Waals surface area contributed by atoms with Crippen LogP contribution in [0.5, 0.6) is 0 Å². The fourth-order valence-electron chi connectivity index (χ4n) is 1.86. The van der Waals surface area contributed by atoms with Crippen LogP contribution in [-0.2, 0) is 4.79 Å². The SMILES string of the molecule is N#Cc1ccc(C(=O)c2ccccc2)cc1/C=C/C(=O)O. The average Bonchev–Trinajstić information content (AvgIpc) is 2.52. The van der Waals surface area contributed by atoms with Gasteiger partial charge in [0, 0.05) is 17.2 Å². The van der Waals surface area contributed by atoms with Gasteiger partial charge in [-0.05, 0) is 29.8 Å². The molecule has 4 nitrogen and oxygen atoms in total. The highest BCUT2D eigenvalue weighted by molar-refractivity contribution is 6.09. The Hall–Kier alpha value is -3.19. The number of ketones is 1. The second-order valence-electron chi connectivity index (χ2n) is 4.28. The van der Waals surface area contributed by atoms with Crippen molar-refractivity contribution in [3.05, 3.63) is 76.9 Å². The largest absolute Gasteiger partial charge is 0.478 e. The van der Waals surface area contributed by atoms with E-state index in [4.69, 9.17) is 10.4 Å². The van der Waals surface area contributed by atoms with Gasteiger partial charge in [0.2, 0.25) is 0 Å². The first kappa shape index (κ1) is 14.2. The van der Waals surface area contributed by atoms with Crippen molar-refractivity contribution in [2.24, 2.45) is 0 Å². The smallest absolute Gasteiger partial charge is 0.328 e. The van der Waals surface area contributed by atoms with Gasteiger partial charge in [-0.3, -0.25) is 4.79 Å². The first-order valence-corrected chi connectivity index (χ1v) is 6.16. The summed E-state index contributed by atoms with van der Waals surface area (Å²) in [6.07, 6.45) is 2.25. The van der Waals surface area contributed by atoms with E-state index in [0.717, 1.165) is 6.08 Å². The van der Waals surface area contributed by atoms with Crippen LogP contribution in [0.25, 0.3) is 6.08 Å². The minimum Gasteiger partial charge on any atom is -0.478 e. The predicted octanol–water partition coefficient (Wildman–Crippen LogP) is 2.89. The van der Waals surface area contributed by atoms with E-state index in [2.05, 4.69) is 0 Å². The molecule has 0 fully saturated rings.